The van der Waals surface area contributed by atoms with Crippen molar-refractivity contribution in [2.75, 3.05) is 56.6 Å². The Morgan fingerprint density at radius 3 is 2.63 bits per heavy atom. The highest BCUT2D eigenvalue weighted by Crippen LogP contribution is 2.32. The van der Waals surface area contributed by atoms with Crippen LogP contribution in [-0.2, 0) is 14.8 Å². The van der Waals surface area contributed by atoms with Gasteiger partial charge in [-0.1, -0.05) is 0 Å². The van der Waals surface area contributed by atoms with E-state index in [1.54, 1.807) is 0 Å². The molecule has 0 aromatic heterocycles. The fourth-order valence-corrected chi connectivity index (χ4v) is 3.91. The molecule has 0 atom stereocenters. The molecule has 1 heterocycles. The number of sulfonamides is 1. The van der Waals surface area contributed by atoms with Gasteiger partial charge in [0.05, 0.1) is 31.8 Å². The summed E-state index contributed by atoms with van der Waals surface area (Å²) in [4.78, 5) is 13.6. The fraction of sp³-hybridized carbons (Fsp3) is 0.611. The second-order valence-electron chi connectivity index (χ2n) is 7.03. The zero-order chi connectivity index (χ0) is 19.4. The molecular formula is C18H26N2O6S. The Kier molecular flexibility index (Phi) is 6.23. The minimum Gasteiger partial charge on any atom is -0.492 e. The monoisotopic (exact) mass is 398 g/mol. The van der Waals surface area contributed by atoms with Gasteiger partial charge in [-0.2, -0.15) is 0 Å². The van der Waals surface area contributed by atoms with Crippen LogP contribution in [0.4, 0.5) is 5.69 Å². The number of morpholine rings is 1. The molecule has 27 heavy (non-hydrogen) atoms. The number of hydrogen-bond donors (Lipinski definition) is 1. The third-order valence-corrected chi connectivity index (χ3v) is 5.97. The topological polar surface area (TPSA) is 96.4 Å². The van der Waals surface area contributed by atoms with Gasteiger partial charge in [-0.25, -0.2) is 13.2 Å². The SMILES string of the molecule is CS(=O)(=O)N(CCN1CCOCC1)c1ccc(C(=O)O)c(OCC2CC2)c1. The Labute approximate surface area is 159 Å². The molecule has 0 unspecified atom stereocenters. The molecule has 1 aromatic carbocycles. The van der Waals surface area contributed by atoms with Crippen molar-refractivity contribution in [1.82, 2.24) is 4.90 Å². The smallest absolute Gasteiger partial charge is 0.339 e. The molecule has 1 saturated heterocycles. The number of anilines is 1. The Balaban J connectivity index is 1.79. The maximum Gasteiger partial charge on any atom is 0.339 e. The van der Waals surface area contributed by atoms with Crippen LogP contribution < -0.4 is 9.04 Å². The Bertz CT molecular complexity index is 772. The van der Waals surface area contributed by atoms with Crippen LogP contribution in [0.25, 0.3) is 0 Å². The number of nitrogens with zero attached hydrogens (tertiary/aromatic N) is 2. The van der Waals surface area contributed by atoms with Crippen LogP contribution in [0.1, 0.15) is 23.2 Å². The Hall–Kier alpha value is -1.84. The third kappa shape index (κ3) is 5.57. The molecule has 8 nitrogen and oxygen atoms in total. The summed E-state index contributed by atoms with van der Waals surface area (Å²) in [6, 6.07) is 4.45. The van der Waals surface area contributed by atoms with E-state index >= 15 is 0 Å². The van der Waals surface area contributed by atoms with Crippen molar-refractivity contribution in [3.05, 3.63) is 23.8 Å². The van der Waals surface area contributed by atoms with Crippen LogP contribution in [0, 0.1) is 5.92 Å². The van der Waals surface area contributed by atoms with Gasteiger partial charge in [0.15, 0.2) is 0 Å². The van der Waals surface area contributed by atoms with Gasteiger partial charge in [0.2, 0.25) is 10.0 Å². The van der Waals surface area contributed by atoms with E-state index in [0.29, 0.717) is 38.0 Å². The average molecular weight is 398 g/mol. The molecule has 3 rings (SSSR count). The van der Waals surface area contributed by atoms with Gasteiger partial charge in [-0.3, -0.25) is 9.21 Å². The molecule has 0 spiro atoms. The summed E-state index contributed by atoms with van der Waals surface area (Å²) in [5, 5.41) is 9.38. The van der Waals surface area contributed by atoms with Crippen LogP contribution >= 0.6 is 0 Å². The van der Waals surface area contributed by atoms with Crippen LogP contribution in [0.5, 0.6) is 5.75 Å². The summed E-state index contributed by atoms with van der Waals surface area (Å²) in [6.45, 7) is 4.15. The van der Waals surface area contributed by atoms with E-state index in [4.69, 9.17) is 9.47 Å². The summed E-state index contributed by atoms with van der Waals surface area (Å²) >= 11 is 0. The number of aromatic carboxylic acids is 1. The van der Waals surface area contributed by atoms with Crippen molar-refractivity contribution in [2.45, 2.75) is 12.8 Å². The van der Waals surface area contributed by atoms with Crippen LogP contribution in [0.3, 0.4) is 0 Å². The van der Waals surface area contributed by atoms with Crippen molar-refractivity contribution in [1.29, 1.82) is 0 Å². The van der Waals surface area contributed by atoms with E-state index < -0.39 is 16.0 Å². The Morgan fingerprint density at radius 1 is 1.33 bits per heavy atom. The first-order valence-corrected chi connectivity index (χ1v) is 11.0. The molecule has 0 bridgehead atoms. The number of carboxylic acids is 1. The normalized spacial score (nSPS) is 18.3. The van der Waals surface area contributed by atoms with E-state index in [2.05, 4.69) is 4.90 Å². The molecule has 9 heteroatoms. The lowest BCUT2D eigenvalue weighted by molar-refractivity contribution is 0.0395. The lowest BCUT2D eigenvalue weighted by atomic mass is 10.2. The van der Waals surface area contributed by atoms with E-state index in [0.717, 1.165) is 32.2 Å². The summed E-state index contributed by atoms with van der Waals surface area (Å²) in [7, 11) is -3.52. The average Bonchev–Trinajstić information content (AvgIpc) is 3.44. The van der Waals surface area contributed by atoms with Gasteiger partial charge in [0.25, 0.3) is 0 Å². The highest BCUT2D eigenvalue weighted by molar-refractivity contribution is 7.92. The highest BCUT2D eigenvalue weighted by atomic mass is 32.2. The van der Waals surface area contributed by atoms with E-state index in [9.17, 15) is 18.3 Å². The lowest BCUT2D eigenvalue weighted by Crippen LogP contribution is -2.43. The number of carbonyl (C=O) groups is 1. The van der Waals surface area contributed by atoms with Crippen LogP contribution in [0.2, 0.25) is 0 Å². The zero-order valence-electron chi connectivity index (χ0n) is 15.5. The largest absolute Gasteiger partial charge is 0.492 e. The van der Waals surface area contributed by atoms with E-state index in [1.165, 1.54) is 22.5 Å². The first-order valence-electron chi connectivity index (χ1n) is 9.12. The van der Waals surface area contributed by atoms with Gasteiger partial charge in [-0.05, 0) is 30.9 Å². The number of benzene rings is 1. The van der Waals surface area contributed by atoms with Crippen LogP contribution in [-0.4, -0.2) is 76.6 Å². The molecule has 2 aliphatic rings. The van der Waals surface area contributed by atoms with Crippen molar-refractivity contribution < 1.29 is 27.8 Å². The summed E-state index contributed by atoms with van der Waals surface area (Å²) in [6.07, 6.45) is 3.32. The third-order valence-electron chi connectivity index (χ3n) is 4.78. The number of rotatable bonds is 9. The molecular weight excluding hydrogens is 372 g/mol. The quantitative estimate of drug-likeness (QED) is 0.669. The van der Waals surface area contributed by atoms with Crippen LogP contribution in [0.15, 0.2) is 18.2 Å². The first kappa shape index (κ1) is 19.9. The number of ether oxygens (including phenoxy) is 2. The highest BCUT2D eigenvalue weighted by Gasteiger charge is 2.25. The molecule has 1 aliphatic carbocycles. The maximum atomic E-state index is 12.3. The molecule has 1 aliphatic heterocycles. The van der Waals surface area contributed by atoms with Gasteiger partial charge in [0.1, 0.15) is 11.3 Å². The second kappa shape index (κ2) is 8.45. The van der Waals surface area contributed by atoms with Gasteiger partial charge < -0.3 is 14.6 Å². The molecule has 150 valence electrons. The van der Waals surface area contributed by atoms with Gasteiger partial charge in [-0.15, -0.1) is 0 Å². The number of hydrogen-bond acceptors (Lipinski definition) is 6. The van der Waals surface area contributed by atoms with Crippen molar-refractivity contribution >= 4 is 21.7 Å². The second-order valence-corrected chi connectivity index (χ2v) is 8.94. The molecule has 1 saturated carbocycles. The predicted octanol–water partition coefficient (Wildman–Crippen LogP) is 1.27. The van der Waals surface area contributed by atoms with Gasteiger partial charge >= 0.3 is 5.97 Å². The van der Waals surface area contributed by atoms with Crippen molar-refractivity contribution in [3.63, 3.8) is 0 Å². The summed E-state index contributed by atoms with van der Waals surface area (Å²) in [5.41, 5.74) is 0.461. The first-order chi connectivity index (χ1) is 12.8. The van der Waals surface area contributed by atoms with Crippen molar-refractivity contribution in [3.8, 4) is 5.75 Å². The minimum atomic E-state index is -3.52. The van der Waals surface area contributed by atoms with Gasteiger partial charge in [0, 0.05) is 32.2 Å². The minimum absolute atomic E-state index is 0.0426. The summed E-state index contributed by atoms with van der Waals surface area (Å²) < 4.78 is 37.0. The molecule has 2 fully saturated rings. The fourth-order valence-electron chi connectivity index (χ4n) is 3.00. The maximum absolute atomic E-state index is 12.3. The molecule has 1 aromatic rings. The Morgan fingerprint density at radius 2 is 2.04 bits per heavy atom. The lowest BCUT2D eigenvalue weighted by Gasteiger charge is -2.30. The van der Waals surface area contributed by atoms with E-state index in [1.807, 2.05) is 0 Å². The molecule has 0 radical (unpaired) electrons. The summed E-state index contributed by atoms with van der Waals surface area (Å²) in [5.74, 6) is -0.416. The number of carboxylic acid groups (broad SMARTS) is 1. The predicted molar refractivity (Wildman–Crippen MR) is 101 cm³/mol. The molecule has 0 amide bonds. The zero-order valence-corrected chi connectivity index (χ0v) is 16.3. The molecule has 1 N–H and O–H groups in total. The standard InChI is InChI=1S/C18H26N2O6S/c1-27(23,24)20(7-6-19-8-10-25-11-9-19)15-4-5-16(18(21)22)17(12-15)26-13-14-2-3-14/h4-5,12,14H,2-3,6-11,13H2,1H3,(H,21,22). The van der Waals surface area contributed by atoms with Crippen molar-refractivity contribution in [2.24, 2.45) is 5.92 Å². The van der Waals surface area contributed by atoms with E-state index in [-0.39, 0.29) is 17.9 Å².